The van der Waals surface area contributed by atoms with Gasteiger partial charge in [-0.1, -0.05) is 42.5 Å². The van der Waals surface area contributed by atoms with Crippen LogP contribution in [0.2, 0.25) is 0 Å². The van der Waals surface area contributed by atoms with E-state index in [0.29, 0.717) is 13.2 Å². The Morgan fingerprint density at radius 3 is 2.29 bits per heavy atom. The molecular weight excluding hydrogens is 436 g/mol. The van der Waals surface area contributed by atoms with E-state index in [2.05, 4.69) is 57.3 Å². The SMILES string of the molecule is N#CC1(c2ccccc2)CCN(c2cc(N3CCOCC3)nc(-c3cccc4[nH]ccc34)n2)CC1. The molecule has 0 spiro atoms. The van der Waals surface area contributed by atoms with Crippen LogP contribution in [0.4, 0.5) is 11.6 Å². The van der Waals surface area contributed by atoms with Crippen molar-refractivity contribution in [2.45, 2.75) is 18.3 Å². The molecule has 2 saturated heterocycles. The second kappa shape index (κ2) is 9.05. The molecule has 2 aromatic heterocycles. The molecule has 4 heterocycles. The summed E-state index contributed by atoms with van der Waals surface area (Å²) in [6, 6.07) is 23.2. The van der Waals surface area contributed by atoms with Gasteiger partial charge in [-0.3, -0.25) is 0 Å². The third-order valence-electron chi connectivity index (χ3n) is 7.35. The molecule has 35 heavy (non-hydrogen) atoms. The van der Waals surface area contributed by atoms with Crippen molar-refractivity contribution < 1.29 is 4.74 Å². The fraction of sp³-hybridized carbons (Fsp3) is 0.321. The number of anilines is 2. The highest BCUT2D eigenvalue weighted by Crippen LogP contribution is 2.37. The van der Waals surface area contributed by atoms with Crippen LogP contribution in [0.5, 0.6) is 0 Å². The zero-order valence-electron chi connectivity index (χ0n) is 19.7. The summed E-state index contributed by atoms with van der Waals surface area (Å²) < 4.78 is 5.58. The lowest BCUT2D eigenvalue weighted by Crippen LogP contribution is -2.42. The highest BCUT2D eigenvalue weighted by Gasteiger charge is 2.37. The van der Waals surface area contributed by atoms with Crippen molar-refractivity contribution in [2.75, 3.05) is 49.2 Å². The Morgan fingerprint density at radius 1 is 0.857 bits per heavy atom. The first kappa shape index (κ1) is 21.6. The lowest BCUT2D eigenvalue weighted by molar-refractivity contribution is 0.122. The topological polar surface area (TPSA) is 81.1 Å². The van der Waals surface area contributed by atoms with Crippen LogP contribution in [0.1, 0.15) is 18.4 Å². The van der Waals surface area contributed by atoms with Gasteiger partial charge in [0, 0.05) is 54.9 Å². The number of nitriles is 1. The van der Waals surface area contributed by atoms with Gasteiger partial charge in [0.05, 0.1) is 24.7 Å². The number of rotatable bonds is 4. The van der Waals surface area contributed by atoms with Gasteiger partial charge >= 0.3 is 0 Å². The number of hydrogen-bond acceptors (Lipinski definition) is 6. The Kier molecular flexibility index (Phi) is 5.59. The molecule has 0 saturated carbocycles. The van der Waals surface area contributed by atoms with Gasteiger partial charge in [-0.2, -0.15) is 5.26 Å². The molecule has 176 valence electrons. The first-order valence-electron chi connectivity index (χ1n) is 12.3. The summed E-state index contributed by atoms with van der Waals surface area (Å²) in [7, 11) is 0. The molecule has 6 rings (SSSR count). The maximum atomic E-state index is 10.1. The average Bonchev–Trinajstić information content (AvgIpc) is 3.43. The summed E-state index contributed by atoms with van der Waals surface area (Å²) in [4.78, 5) is 18.0. The number of ether oxygens (including phenoxy) is 1. The first-order chi connectivity index (χ1) is 17.3. The number of benzene rings is 2. The molecule has 2 aliphatic rings. The molecule has 0 atom stereocenters. The number of nitrogens with one attached hydrogen (secondary N) is 1. The standard InChI is InChI=1S/C28H28N6O/c29-20-28(21-5-2-1-3-6-21)10-13-33(14-11-28)25-19-26(34-15-17-35-18-16-34)32-27(31-25)23-7-4-8-24-22(23)9-12-30-24/h1-9,12,19,30H,10-11,13-18H2. The van der Waals surface area contributed by atoms with E-state index in [0.717, 1.165) is 78.5 Å². The first-order valence-corrected chi connectivity index (χ1v) is 12.3. The predicted molar refractivity (Wildman–Crippen MR) is 138 cm³/mol. The molecular formula is C28H28N6O. The number of fused-ring (bicyclic) bond motifs is 1. The van der Waals surface area contributed by atoms with E-state index in [1.54, 1.807) is 0 Å². The van der Waals surface area contributed by atoms with Crippen molar-refractivity contribution in [3.63, 3.8) is 0 Å². The molecule has 0 radical (unpaired) electrons. The fourth-order valence-corrected chi connectivity index (χ4v) is 5.28. The molecule has 2 aromatic carbocycles. The minimum Gasteiger partial charge on any atom is -0.378 e. The summed E-state index contributed by atoms with van der Waals surface area (Å²) in [5, 5.41) is 11.2. The zero-order chi connectivity index (χ0) is 23.7. The maximum Gasteiger partial charge on any atom is 0.164 e. The van der Waals surface area contributed by atoms with E-state index in [4.69, 9.17) is 14.7 Å². The molecule has 0 bridgehead atoms. The van der Waals surface area contributed by atoms with Crippen LogP contribution in [-0.4, -0.2) is 54.3 Å². The fourth-order valence-electron chi connectivity index (χ4n) is 5.28. The molecule has 0 unspecified atom stereocenters. The number of H-pyrrole nitrogens is 1. The molecule has 2 aliphatic heterocycles. The van der Waals surface area contributed by atoms with Crippen LogP contribution in [0.15, 0.2) is 66.9 Å². The molecule has 1 N–H and O–H groups in total. The van der Waals surface area contributed by atoms with Crippen LogP contribution in [0.3, 0.4) is 0 Å². The zero-order valence-corrected chi connectivity index (χ0v) is 19.7. The summed E-state index contributed by atoms with van der Waals surface area (Å²) in [5.41, 5.74) is 2.76. The number of piperidine rings is 1. The second-order valence-corrected chi connectivity index (χ2v) is 9.30. The average molecular weight is 465 g/mol. The molecule has 0 aliphatic carbocycles. The van der Waals surface area contributed by atoms with Crippen LogP contribution in [-0.2, 0) is 10.2 Å². The lowest BCUT2D eigenvalue weighted by Gasteiger charge is -2.38. The van der Waals surface area contributed by atoms with Crippen LogP contribution in [0.25, 0.3) is 22.3 Å². The summed E-state index contributed by atoms with van der Waals surface area (Å²) >= 11 is 0. The molecule has 4 aromatic rings. The third kappa shape index (κ3) is 4.00. The molecule has 0 amide bonds. The summed E-state index contributed by atoms with van der Waals surface area (Å²) in [6.45, 7) is 4.58. The predicted octanol–water partition coefficient (Wildman–Crippen LogP) is 4.52. The van der Waals surface area contributed by atoms with Crippen molar-refractivity contribution >= 4 is 22.5 Å². The Bertz CT molecular complexity index is 1360. The van der Waals surface area contributed by atoms with Crippen LogP contribution < -0.4 is 9.80 Å². The normalized spacial score (nSPS) is 17.9. The van der Waals surface area contributed by atoms with E-state index >= 15 is 0 Å². The second-order valence-electron chi connectivity index (χ2n) is 9.30. The van der Waals surface area contributed by atoms with Gasteiger partial charge in [-0.15, -0.1) is 0 Å². The maximum absolute atomic E-state index is 10.1. The lowest BCUT2D eigenvalue weighted by atomic mass is 9.74. The highest BCUT2D eigenvalue weighted by molar-refractivity contribution is 5.93. The Morgan fingerprint density at radius 2 is 1.57 bits per heavy atom. The number of nitrogens with zero attached hydrogens (tertiary/aromatic N) is 5. The summed E-state index contributed by atoms with van der Waals surface area (Å²) in [5.74, 6) is 2.58. The van der Waals surface area contributed by atoms with Gasteiger partial charge in [-0.25, -0.2) is 9.97 Å². The third-order valence-corrected chi connectivity index (χ3v) is 7.35. The Labute approximate surface area is 205 Å². The highest BCUT2D eigenvalue weighted by atomic mass is 16.5. The van der Waals surface area contributed by atoms with E-state index in [1.165, 1.54) is 0 Å². The Hall–Kier alpha value is -3.89. The van der Waals surface area contributed by atoms with Crippen LogP contribution in [0, 0.1) is 11.3 Å². The van der Waals surface area contributed by atoms with Gasteiger partial charge in [-0.05, 0) is 30.5 Å². The van der Waals surface area contributed by atoms with Crippen LogP contribution >= 0.6 is 0 Å². The van der Waals surface area contributed by atoms with Gasteiger partial charge in [0.25, 0.3) is 0 Å². The number of aromatic amines is 1. The van der Waals surface area contributed by atoms with Gasteiger partial charge in [0.15, 0.2) is 5.82 Å². The molecule has 7 nitrogen and oxygen atoms in total. The van der Waals surface area contributed by atoms with E-state index in [-0.39, 0.29) is 0 Å². The van der Waals surface area contributed by atoms with E-state index < -0.39 is 5.41 Å². The van der Waals surface area contributed by atoms with Crippen molar-refractivity contribution in [3.05, 3.63) is 72.4 Å². The summed E-state index contributed by atoms with van der Waals surface area (Å²) in [6.07, 6.45) is 3.50. The van der Waals surface area contributed by atoms with E-state index in [9.17, 15) is 5.26 Å². The van der Waals surface area contributed by atoms with Crippen molar-refractivity contribution in [1.29, 1.82) is 5.26 Å². The number of aromatic nitrogens is 3. The van der Waals surface area contributed by atoms with E-state index in [1.807, 2.05) is 30.5 Å². The van der Waals surface area contributed by atoms with Crippen molar-refractivity contribution in [1.82, 2.24) is 15.0 Å². The van der Waals surface area contributed by atoms with Gasteiger partial charge in [0.1, 0.15) is 11.6 Å². The van der Waals surface area contributed by atoms with Crippen molar-refractivity contribution in [3.8, 4) is 17.5 Å². The quantitative estimate of drug-likeness (QED) is 0.478. The minimum absolute atomic E-state index is 0.447. The van der Waals surface area contributed by atoms with Gasteiger partial charge < -0.3 is 19.5 Å². The Balaban J connectivity index is 1.36. The largest absolute Gasteiger partial charge is 0.378 e. The molecule has 2 fully saturated rings. The van der Waals surface area contributed by atoms with Crippen molar-refractivity contribution in [2.24, 2.45) is 0 Å². The number of morpholine rings is 1. The smallest absolute Gasteiger partial charge is 0.164 e. The van der Waals surface area contributed by atoms with Gasteiger partial charge in [0.2, 0.25) is 0 Å². The molecule has 7 heteroatoms. The number of hydrogen-bond donors (Lipinski definition) is 1. The minimum atomic E-state index is -0.447. The monoisotopic (exact) mass is 464 g/mol.